The van der Waals surface area contributed by atoms with Crippen molar-refractivity contribution in [1.29, 1.82) is 0 Å². The summed E-state index contributed by atoms with van der Waals surface area (Å²) in [6.45, 7) is 5.64. The first-order chi connectivity index (χ1) is 5.75. The van der Waals surface area contributed by atoms with Gasteiger partial charge in [0.1, 0.15) is 0 Å². The lowest BCUT2D eigenvalue weighted by Gasteiger charge is -2.20. The van der Waals surface area contributed by atoms with Gasteiger partial charge in [0, 0.05) is 25.7 Å². The summed E-state index contributed by atoms with van der Waals surface area (Å²) in [6, 6.07) is -0.255. The van der Waals surface area contributed by atoms with E-state index in [2.05, 4.69) is 4.72 Å². The molecular weight excluding hydrogens is 190 g/mol. The molecule has 0 aromatic rings. The molecule has 3 N–H and O–H groups in total. The third-order valence-corrected chi connectivity index (χ3v) is 3.08. The highest BCUT2D eigenvalue weighted by molar-refractivity contribution is 7.87. The second-order valence-electron chi connectivity index (χ2n) is 3.54. The van der Waals surface area contributed by atoms with Gasteiger partial charge in [-0.3, -0.25) is 0 Å². The zero-order valence-corrected chi connectivity index (χ0v) is 9.43. The van der Waals surface area contributed by atoms with Gasteiger partial charge in [-0.15, -0.1) is 0 Å². The number of likely N-dealkylation sites (N-methyl/N-ethyl adjacent to an activating group) is 1. The van der Waals surface area contributed by atoms with Crippen molar-refractivity contribution in [2.45, 2.75) is 32.9 Å². The van der Waals surface area contributed by atoms with Crippen molar-refractivity contribution in [1.82, 2.24) is 9.03 Å². The zero-order valence-electron chi connectivity index (χ0n) is 8.61. The van der Waals surface area contributed by atoms with Crippen molar-refractivity contribution < 1.29 is 8.42 Å². The van der Waals surface area contributed by atoms with Crippen LogP contribution in [0.3, 0.4) is 0 Å². The van der Waals surface area contributed by atoms with Gasteiger partial charge in [-0.05, 0) is 20.8 Å². The molecule has 0 amide bonds. The van der Waals surface area contributed by atoms with Crippen LogP contribution in [0.15, 0.2) is 0 Å². The Morgan fingerprint density at radius 1 is 1.38 bits per heavy atom. The highest BCUT2D eigenvalue weighted by Gasteiger charge is 2.18. The van der Waals surface area contributed by atoms with Crippen LogP contribution in [0.25, 0.3) is 0 Å². The molecule has 5 nitrogen and oxygen atoms in total. The lowest BCUT2D eigenvalue weighted by atomic mass is 10.4. The van der Waals surface area contributed by atoms with Gasteiger partial charge in [-0.25, -0.2) is 0 Å². The Bertz CT molecular complexity index is 236. The zero-order chi connectivity index (χ0) is 10.6. The predicted octanol–water partition coefficient (Wildman–Crippen LogP) is -0.492. The van der Waals surface area contributed by atoms with Crippen LogP contribution in [0.1, 0.15) is 20.8 Å². The van der Waals surface area contributed by atoms with E-state index in [1.807, 2.05) is 0 Å². The van der Waals surface area contributed by atoms with Crippen molar-refractivity contribution in [3.05, 3.63) is 0 Å². The Morgan fingerprint density at radius 3 is 2.15 bits per heavy atom. The smallest absolute Gasteiger partial charge is 0.279 e. The van der Waals surface area contributed by atoms with Crippen LogP contribution in [0.5, 0.6) is 0 Å². The van der Waals surface area contributed by atoms with Gasteiger partial charge in [-0.1, -0.05) is 0 Å². The highest BCUT2D eigenvalue weighted by Crippen LogP contribution is 1.96. The molecular formula is C7H19N3O2S. The minimum absolute atomic E-state index is 0.0967. The number of nitrogens with two attached hydrogens (primary N) is 1. The van der Waals surface area contributed by atoms with Crippen molar-refractivity contribution in [3.63, 3.8) is 0 Å². The summed E-state index contributed by atoms with van der Waals surface area (Å²) >= 11 is 0. The fourth-order valence-electron chi connectivity index (χ4n) is 0.892. The molecule has 6 heteroatoms. The summed E-state index contributed by atoms with van der Waals surface area (Å²) in [5, 5.41) is 0. The third kappa shape index (κ3) is 5.20. The topological polar surface area (TPSA) is 75.4 Å². The average Bonchev–Trinajstić information content (AvgIpc) is 1.81. The molecule has 0 radical (unpaired) electrons. The van der Waals surface area contributed by atoms with E-state index in [0.29, 0.717) is 6.54 Å². The fraction of sp³-hybridized carbons (Fsp3) is 1.00. The average molecular weight is 209 g/mol. The van der Waals surface area contributed by atoms with Crippen molar-refractivity contribution >= 4 is 10.2 Å². The Labute approximate surface area is 80.5 Å². The maximum atomic E-state index is 11.4. The van der Waals surface area contributed by atoms with Crippen molar-refractivity contribution in [2.24, 2.45) is 5.73 Å². The summed E-state index contributed by atoms with van der Waals surface area (Å²) in [5.41, 5.74) is 5.49. The van der Waals surface area contributed by atoms with Crippen LogP contribution < -0.4 is 10.5 Å². The maximum absolute atomic E-state index is 11.4. The monoisotopic (exact) mass is 209 g/mol. The van der Waals surface area contributed by atoms with Crippen LogP contribution in [0.4, 0.5) is 0 Å². The molecule has 0 bridgehead atoms. The first-order valence-corrected chi connectivity index (χ1v) is 5.69. The van der Waals surface area contributed by atoms with E-state index in [9.17, 15) is 8.42 Å². The molecule has 1 unspecified atom stereocenters. The van der Waals surface area contributed by atoms with Crippen LogP contribution in [-0.4, -0.2) is 38.4 Å². The molecule has 80 valence electrons. The molecule has 0 aliphatic carbocycles. The number of nitrogens with zero attached hydrogens (tertiary/aromatic N) is 1. The van der Waals surface area contributed by atoms with E-state index in [0.717, 1.165) is 0 Å². The molecule has 0 saturated heterocycles. The fourth-order valence-corrected chi connectivity index (χ4v) is 2.10. The molecule has 1 atom stereocenters. The molecule has 0 fully saturated rings. The van der Waals surface area contributed by atoms with Crippen LogP contribution in [-0.2, 0) is 10.2 Å². The number of rotatable bonds is 5. The van der Waals surface area contributed by atoms with E-state index in [1.54, 1.807) is 20.8 Å². The van der Waals surface area contributed by atoms with Gasteiger partial charge in [0.2, 0.25) is 0 Å². The number of hydrogen-bond donors (Lipinski definition) is 2. The molecule has 0 aromatic carbocycles. The van der Waals surface area contributed by atoms with E-state index in [1.165, 1.54) is 11.4 Å². The standard InChI is InChI=1S/C7H19N3O2S/c1-6(2)9-13(11,12)10(4)5-7(3)8/h6-7,9H,5,8H2,1-4H3. The molecule has 0 aromatic heterocycles. The van der Waals surface area contributed by atoms with Gasteiger partial charge in [0.15, 0.2) is 0 Å². The molecule has 13 heavy (non-hydrogen) atoms. The Kier molecular flexibility index (Phi) is 4.83. The van der Waals surface area contributed by atoms with Gasteiger partial charge < -0.3 is 5.73 Å². The largest absolute Gasteiger partial charge is 0.327 e. The Hall–Kier alpha value is -0.170. The maximum Gasteiger partial charge on any atom is 0.279 e. The molecule has 0 rings (SSSR count). The van der Waals surface area contributed by atoms with Crippen LogP contribution in [0, 0.1) is 0 Å². The van der Waals surface area contributed by atoms with E-state index >= 15 is 0 Å². The third-order valence-electron chi connectivity index (χ3n) is 1.34. The van der Waals surface area contributed by atoms with E-state index < -0.39 is 10.2 Å². The van der Waals surface area contributed by atoms with Gasteiger partial charge in [0.25, 0.3) is 10.2 Å². The van der Waals surface area contributed by atoms with Crippen LogP contribution >= 0.6 is 0 Å². The summed E-state index contributed by atoms with van der Waals surface area (Å²) in [4.78, 5) is 0. The highest BCUT2D eigenvalue weighted by atomic mass is 32.2. The lowest BCUT2D eigenvalue weighted by molar-refractivity contribution is 0.431. The van der Waals surface area contributed by atoms with Crippen molar-refractivity contribution in [3.8, 4) is 0 Å². The number of hydrogen-bond acceptors (Lipinski definition) is 3. The number of nitrogens with one attached hydrogen (secondary N) is 1. The van der Waals surface area contributed by atoms with E-state index in [4.69, 9.17) is 5.73 Å². The first kappa shape index (κ1) is 12.8. The normalized spacial score (nSPS) is 15.3. The summed E-state index contributed by atoms with van der Waals surface area (Å²) < 4.78 is 26.6. The molecule has 0 heterocycles. The predicted molar refractivity (Wildman–Crippen MR) is 53.5 cm³/mol. The quantitative estimate of drug-likeness (QED) is 0.641. The summed E-state index contributed by atoms with van der Waals surface area (Å²) in [5.74, 6) is 0. The van der Waals surface area contributed by atoms with Gasteiger partial charge in [-0.2, -0.15) is 17.4 Å². The second-order valence-corrected chi connectivity index (χ2v) is 5.34. The Balaban J connectivity index is 4.29. The second kappa shape index (κ2) is 4.90. The van der Waals surface area contributed by atoms with Gasteiger partial charge in [0.05, 0.1) is 0 Å². The molecule has 0 saturated carbocycles. The van der Waals surface area contributed by atoms with Gasteiger partial charge >= 0.3 is 0 Å². The SMILES string of the molecule is CC(N)CN(C)S(=O)(=O)NC(C)C. The van der Waals surface area contributed by atoms with Crippen molar-refractivity contribution in [2.75, 3.05) is 13.6 Å². The van der Waals surface area contributed by atoms with E-state index in [-0.39, 0.29) is 12.1 Å². The molecule has 0 spiro atoms. The minimum Gasteiger partial charge on any atom is -0.327 e. The lowest BCUT2D eigenvalue weighted by Crippen LogP contribution is -2.45. The molecule has 0 aliphatic rings. The van der Waals surface area contributed by atoms with Crippen LogP contribution in [0.2, 0.25) is 0 Å². The molecule has 0 aliphatic heterocycles. The Morgan fingerprint density at radius 2 is 1.85 bits per heavy atom. The summed E-state index contributed by atoms with van der Waals surface area (Å²) in [7, 11) is -1.84. The summed E-state index contributed by atoms with van der Waals surface area (Å²) in [6.07, 6.45) is 0. The first-order valence-electron chi connectivity index (χ1n) is 4.25. The minimum atomic E-state index is -3.35.